The molecule has 0 unspecified atom stereocenters. The van der Waals surface area contributed by atoms with Gasteiger partial charge in [-0.1, -0.05) is 47.1 Å². The number of benzene rings is 3. The van der Waals surface area contributed by atoms with E-state index in [1.54, 1.807) is 31.4 Å². The Morgan fingerprint density at radius 3 is 2.23 bits per heavy atom. The second-order valence-corrected chi connectivity index (χ2v) is 9.19. The second-order valence-electron chi connectivity index (χ2n) is 7.37. The lowest BCUT2D eigenvalue weighted by Gasteiger charge is -2.11. The van der Waals surface area contributed by atoms with E-state index in [-0.39, 0.29) is 11.7 Å². The Kier molecular flexibility index (Phi) is 8.07. The molecule has 0 bridgehead atoms. The van der Waals surface area contributed by atoms with Crippen LogP contribution in [0.5, 0.6) is 5.75 Å². The fourth-order valence-electron chi connectivity index (χ4n) is 3.18. The van der Waals surface area contributed by atoms with Gasteiger partial charge in [-0.15, -0.1) is 10.2 Å². The van der Waals surface area contributed by atoms with E-state index in [2.05, 4.69) is 20.7 Å². The fourth-order valence-corrected chi connectivity index (χ4v) is 4.17. The highest BCUT2D eigenvalue weighted by Gasteiger charge is 2.17. The smallest absolute Gasteiger partial charge is 0.250 e. The van der Waals surface area contributed by atoms with Crippen molar-refractivity contribution < 1.29 is 9.53 Å². The van der Waals surface area contributed by atoms with Gasteiger partial charge in [0.1, 0.15) is 5.75 Å². The summed E-state index contributed by atoms with van der Waals surface area (Å²) < 4.78 is 7.14. The topological polar surface area (TPSA) is 81.4 Å². The minimum absolute atomic E-state index is 0.103. The summed E-state index contributed by atoms with van der Waals surface area (Å²) in [6.45, 7) is 1.81. The number of hydrazone groups is 1. The molecule has 1 amide bonds. The van der Waals surface area contributed by atoms with Gasteiger partial charge in [-0.05, 0) is 73.2 Å². The molecule has 7 nitrogen and oxygen atoms in total. The van der Waals surface area contributed by atoms with Gasteiger partial charge < -0.3 is 4.74 Å². The van der Waals surface area contributed by atoms with E-state index in [4.69, 9.17) is 27.9 Å². The normalized spacial score (nSPS) is 11.4. The molecular formula is C25H21Cl2N5O2S. The van der Waals surface area contributed by atoms with Gasteiger partial charge in [0, 0.05) is 21.3 Å². The van der Waals surface area contributed by atoms with Gasteiger partial charge >= 0.3 is 0 Å². The number of carbonyl (C=O) groups excluding carboxylic acids is 1. The molecule has 0 saturated heterocycles. The third-order valence-electron chi connectivity index (χ3n) is 5.01. The summed E-state index contributed by atoms with van der Waals surface area (Å²) in [4.78, 5) is 12.5. The first kappa shape index (κ1) is 24.8. The van der Waals surface area contributed by atoms with Crippen LogP contribution >= 0.6 is 35.0 Å². The molecule has 0 aliphatic heterocycles. The average molecular weight is 526 g/mol. The third kappa shape index (κ3) is 6.22. The number of methoxy groups -OCH3 is 1. The molecular weight excluding hydrogens is 505 g/mol. The first-order chi connectivity index (χ1) is 16.9. The van der Waals surface area contributed by atoms with E-state index in [0.29, 0.717) is 26.7 Å². The lowest BCUT2D eigenvalue weighted by molar-refractivity contribution is -0.118. The maximum absolute atomic E-state index is 12.5. The molecule has 178 valence electrons. The number of aromatic nitrogens is 3. The average Bonchev–Trinajstić information content (AvgIpc) is 3.31. The molecule has 1 N–H and O–H groups in total. The minimum Gasteiger partial charge on any atom is -0.497 e. The van der Waals surface area contributed by atoms with Gasteiger partial charge in [-0.2, -0.15) is 5.10 Å². The first-order valence-electron chi connectivity index (χ1n) is 10.5. The largest absolute Gasteiger partial charge is 0.497 e. The van der Waals surface area contributed by atoms with E-state index >= 15 is 0 Å². The van der Waals surface area contributed by atoms with Crippen LogP contribution in [0.2, 0.25) is 10.0 Å². The van der Waals surface area contributed by atoms with Crippen LogP contribution in [0.25, 0.3) is 17.1 Å². The molecule has 1 aromatic heterocycles. The second kappa shape index (κ2) is 11.4. The highest BCUT2D eigenvalue weighted by atomic mass is 35.5. The Bertz CT molecular complexity index is 1340. The van der Waals surface area contributed by atoms with Gasteiger partial charge in [-0.25, -0.2) is 5.43 Å². The summed E-state index contributed by atoms with van der Waals surface area (Å²) in [6.07, 6.45) is 0. The maximum Gasteiger partial charge on any atom is 0.250 e. The number of halogens is 2. The van der Waals surface area contributed by atoms with Crippen LogP contribution < -0.4 is 10.2 Å². The number of ether oxygens (including phenoxy) is 1. The number of hydrogen-bond acceptors (Lipinski definition) is 6. The van der Waals surface area contributed by atoms with Crippen molar-refractivity contribution in [3.8, 4) is 22.8 Å². The Labute approximate surface area is 217 Å². The SMILES string of the molecule is COc1ccc(-c2nnc(SCC(=O)N/N=C(/C)c3ccc(Cl)cc3)n2-c2ccc(Cl)cc2)cc1. The molecule has 0 aliphatic carbocycles. The standard InChI is InChI=1S/C25H21Cl2N5O2S/c1-16(17-3-7-19(26)8-4-17)28-29-23(33)15-35-25-31-30-24(18-5-13-22(34-2)14-6-18)32(25)21-11-9-20(27)10-12-21/h3-14H,15H2,1-2H3,(H,29,33)/b28-16-. The monoisotopic (exact) mass is 525 g/mol. The summed E-state index contributed by atoms with van der Waals surface area (Å²) in [5.41, 5.74) is 5.81. The van der Waals surface area contributed by atoms with Crippen LogP contribution in [0.1, 0.15) is 12.5 Å². The molecule has 0 aliphatic rings. The van der Waals surface area contributed by atoms with Crippen molar-refractivity contribution in [2.75, 3.05) is 12.9 Å². The number of rotatable bonds is 8. The first-order valence-corrected chi connectivity index (χ1v) is 12.3. The van der Waals surface area contributed by atoms with E-state index in [1.807, 2.05) is 60.0 Å². The van der Waals surface area contributed by atoms with Crippen LogP contribution in [0.15, 0.2) is 83.1 Å². The predicted molar refractivity (Wildman–Crippen MR) is 141 cm³/mol. The van der Waals surface area contributed by atoms with Gasteiger partial charge in [0.05, 0.1) is 18.6 Å². The summed E-state index contributed by atoms with van der Waals surface area (Å²) in [6, 6.07) is 22.1. The van der Waals surface area contributed by atoms with Crippen molar-refractivity contribution >= 4 is 46.6 Å². The lowest BCUT2D eigenvalue weighted by Crippen LogP contribution is -2.21. The predicted octanol–water partition coefficient (Wildman–Crippen LogP) is 5.88. The maximum atomic E-state index is 12.5. The number of hydrogen-bond donors (Lipinski definition) is 1. The molecule has 4 rings (SSSR count). The number of nitrogens with zero attached hydrogens (tertiary/aromatic N) is 4. The van der Waals surface area contributed by atoms with Gasteiger partial charge in [0.2, 0.25) is 0 Å². The highest BCUT2D eigenvalue weighted by Crippen LogP contribution is 2.29. The van der Waals surface area contributed by atoms with Crippen LogP contribution in [0.4, 0.5) is 0 Å². The van der Waals surface area contributed by atoms with Crippen LogP contribution in [0.3, 0.4) is 0 Å². The van der Waals surface area contributed by atoms with E-state index in [0.717, 1.165) is 22.6 Å². The van der Waals surface area contributed by atoms with Crippen molar-refractivity contribution in [3.05, 3.63) is 88.4 Å². The quantitative estimate of drug-likeness (QED) is 0.176. The van der Waals surface area contributed by atoms with E-state index in [1.165, 1.54) is 11.8 Å². The lowest BCUT2D eigenvalue weighted by atomic mass is 10.1. The summed E-state index contributed by atoms with van der Waals surface area (Å²) in [5.74, 6) is 1.22. The van der Waals surface area contributed by atoms with E-state index in [9.17, 15) is 4.79 Å². The molecule has 0 atom stereocenters. The Balaban J connectivity index is 1.53. The molecule has 0 fully saturated rings. The zero-order valence-electron chi connectivity index (χ0n) is 18.9. The zero-order valence-corrected chi connectivity index (χ0v) is 21.2. The van der Waals surface area contributed by atoms with Crippen molar-refractivity contribution in [1.29, 1.82) is 0 Å². The zero-order chi connectivity index (χ0) is 24.8. The third-order valence-corrected chi connectivity index (χ3v) is 6.44. The molecule has 0 saturated carbocycles. The molecule has 10 heteroatoms. The van der Waals surface area contributed by atoms with Gasteiger partial charge in [0.15, 0.2) is 11.0 Å². The minimum atomic E-state index is -0.264. The van der Waals surface area contributed by atoms with Crippen LogP contribution in [-0.4, -0.2) is 39.2 Å². The molecule has 1 heterocycles. The molecule has 0 radical (unpaired) electrons. The number of amides is 1. The van der Waals surface area contributed by atoms with Crippen molar-refractivity contribution in [2.24, 2.45) is 5.10 Å². The number of thioether (sulfide) groups is 1. The molecule has 3 aromatic carbocycles. The summed E-state index contributed by atoms with van der Waals surface area (Å²) in [5, 5.41) is 14.7. The van der Waals surface area contributed by atoms with Crippen molar-refractivity contribution in [1.82, 2.24) is 20.2 Å². The Hall–Kier alpha value is -3.33. The van der Waals surface area contributed by atoms with Gasteiger partial charge in [0.25, 0.3) is 5.91 Å². The van der Waals surface area contributed by atoms with Gasteiger partial charge in [-0.3, -0.25) is 9.36 Å². The highest BCUT2D eigenvalue weighted by molar-refractivity contribution is 7.99. The molecule has 0 spiro atoms. The Morgan fingerprint density at radius 1 is 0.971 bits per heavy atom. The van der Waals surface area contributed by atoms with Crippen molar-refractivity contribution in [3.63, 3.8) is 0 Å². The Morgan fingerprint density at radius 2 is 1.60 bits per heavy atom. The van der Waals surface area contributed by atoms with Crippen LogP contribution in [-0.2, 0) is 4.79 Å². The number of carbonyl (C=O) groups is 1. The van der Waals surface area contributed by atoms with E-state index < -0.39 is 0 Å². The van der Waals surface area contributed by atoms with Crippen molar-refractivity contribution in [2.45, 2.75) is 12.1 Å². The molecule has 35 heavy (non-hydrogen) atoms. The van der Waals surface area contributed by atoms with Crippen LogP contribution in [0, 0.1) is 0 Å². The molecule has 4 aromatic rings. The fraction of sp³-hybridized carbons (Fsp3) is 0.120. The summed E-state index contributed by atoms with van der Waals surface area (Å²) in [7, 11) is 1.62. The summed E-state index contributed by atoms with van der Waals surface area (Å²) >= 11 is 13.3. The number of nitrogens with one attached hydrogen (secondary N) is 1.